The van der Waals surface area contributed by atoms with Gasteiger partial charge in [0, 0.05) is 22.6 Å². The molecule has 19 heavy (non-hydrogen) atoms. The van der Waals surface area contributed by atoms with Crippen molar-refractivity contribution in [2.24, 2.45) is 0 Å². The lowest BCUT2D eigenvalue weighted by molar-refractivity contribution is 0.457. The Hall–Kier alpha value is -0.860. The van der Waals surface area contributed by atoms with Crippen LogP contribution in [0.25, 0.3) is 0 Å². The number of aryl methyl sites for hydroxylation is 2. The van der Waals surface area contributed by atoms with Gasteiger partial charge in [-0.15, -0.1) is 22.9 Å². The summed E-state index contributed by atoms with van der Waals surface area (Å²) in [6.07, 6.45) is 1.95. The SMILES string of the molecule is CCC(CCl)(Cc1nc(C)c(C)s1)c1ccccc1. The van der Waals surface area contributed by atoms with Gasteiger partial charge in [0.25, 0.3) is 0 Å². The maximum atomic E-state index is 6.33. The van der Waals surface area contributed by atoms with Crippen LogP contribution in [0.15, 0.2) is 30.3 Å². The molecule has 0 aliphatic rings. The van der Waals surface area contributed by atoms with Crippen LogP contribution in [-0.2, 0) is 11.8 Å². The van der Waals surface area contributed by atoms with Crippen LogP contribution >= 0.6 is 22.9 Å². The van der Waals surface area contributed by atoms with E-state index in [-0.39, 0.29) is 5.41 Å². The van der Waals surface area contributed by atoms with E-state index in [1.807, 2.05) is 0 Å². The van der Waals surface area contributed by atoms with Gasteiger partial charge in [-0.3, -0.25) is 0 Å². The van der Waals surface area contributed by atoms with Crippen LogP contribution in [0.1, 0.15) is 34.5 Å². The zero-order valence-electron chi connectivity index (χ0n) is 11.7. The van der Waals surface area contributed by atoms with Gasteiger partial charge in [0.05, 0.1) is 10.7 Å². The van der Waals surface area contributed by atoms with Gasteiger partial charge in [-0.2, -0.15) is 0 Å². The number of halogens is 1. The number of aromatic nitrogens is 1. The molecule has 1 atom stereocenters. The molecule has 0 N–H and O–H groups in total. The van der Waals surface area contributed by atoms with Crippen molar-refractivity contribution in [3.63, 3.8) is 0 Å². The summed E-state index contributed by atoms with van der Waals surface area (Å²) in [5.41, 5.74) is 2.46. The first kappa shape index (κ1) is 14.5. The topological polar surface area (TPSA) is 12.9 Å². The van der Waals surface area contributed by atoms with Crippen LogP contribution in [0, 0.1) is 13.8 Å². The van der Waals surface area contributed by atoms with E-state index in [4.69, 9.17) is 11.6 Å². The van der Waals surface area contributed by atoms with Crippen molar-refractivity contribution in [1.82, 2.24) is 4.98 Å². The third-order valence-corrected chi connectivity index (χ3v) is 5.47. The summed E-state index contributed by atoms with van der Waals surface area (Å²) in [4.78, 5) is 5.98. The number of hydrogen-bond acceptors (Lipinski definition) is 2. The molecule has 1 unspecified atom stereocenters. The molecule has 3 heteroatoms. The van der Waals surface area contributed by atoms with E-state index >= 15 is 0 Å². The zero-order chi connectivity index (χ0) is 13.9. The van der Waals surface area contributed by atoms with E-state index in [9.17, 15) is 0 Å². The van der Waals surface area contributed by atoms with Crippen molar-refractivity contribution in [3.05, 3.63) is 51.5 Å². The number of alkyl halides is 1. The minimum absolute atomic E-state index is 0.000448. The molecular weight excluding hydrogens is 274 g/mol. The third kappa shape index (κ3) is 3.01. The van der Waals surface area contributed by atoms with Crippen LogP contribution in [0.3, 0.4) is 0 Å². The molecule has 0 aliphatic heterocycles. The summed E-state index contributed by atoms with van der Waals surface area (Å²) in [6.45, 7) is 6.42. The maximum Gasteiger partial charge on any atom is 0.0940 e. The van der Waals surface area contributed by atoms with E-state index in [1.165, 1.54) is 15.4 Å². The molecule has 0 spiro atoms. The van der Waals surface area contributed by atoms with Gasteiger partial charge >= 0.3 is 0 Å². The lowest BCUT2D eigenvalue weighted by Gasteiger charge is -2.30. The highest BCUT2D eigenvalue weighted by Crippen LogP contribution is 2.34. The fourth-order valence-electron chi connectivity index (χ4n) is 2.35. The average Bonchev–Trinajstić information content (AvgIpc) is 2.76. The Balaban J connectivity index is 2.35. The number of hydrogen-bond donors (Lipinski definition) is 0. The van der Waals surface area contributed by atoms with E-state index in [0.29, 0.717) is 5.88 Å². The molecule has 0 saturated heterocycles. The summed E-state index contributed by atoms with van der Waals surface area (Å²) in [6, 6.07) is 10.6. The molecule has 2 aromatic rings. The molecule has 0 aliphatic carbocycles. The summed E-state index contributed by atoms with van der Waals surface area (Å²) < 4.78 is 0. The van der Waals surface area contributed by atoms with Gasteiger partial charge in [-0.05, 0) is 25.8 Å². The fourth-order valence-corrected chi connectivity index (χ4v) is 3.86. The second-order valence-electron chi connectivity index (χ2n) is 5.06. The summed E-state index contributed by atoms with van der Waals surface area (Å²) in [5, 5.41) is 1.20. The van der Waals surface area contributed by atoms with Gasteiger partial charge in [0.2, 0.25) is 0 Å². The first-order valence-electron chi connectivity index (χ1n) is 6.65. The summed E-state index contributed by atoms with van der Waals surface area (Å²) >= 11 is 8.13. The Morgan fingerprint density at radius 1 is 1.21 bits per heavy atom. The quantitative estimate of drug-likeness (QED) is 0.715. The predicted molar refractivity (Wildman–Crippen MR) is 84.4 cm³/mol. The lowest BCUT2D eigenvalue weighted by Crippen LogP contribution is -2.30. The van der Waals surface area contributed by atoms with Crippen LogP contribution in [0.2, 0.25) is 0 Å². The maximum absolute atomic E-state index is 6.33. The summed E-state index contributed by atoms with van der Waals surface area (Å²) in [5.74, 6) is 0.630. The average molecular weight is 294 g/mol. The van der Waals surface area contributed by atoms with Gasteiger partial charge in [-0.25, -0.2) is 4.98 Å². The molecule has 2 rings (SSSR count). The number of benzene rings is 1. The standard InChI is InChI=1S/C16H20ClNS/c1-4-16(11-17,14-8-6-5-7-9-14)10-15-18-12(2)13(3)19-15/h5-9H,4,10-11H2,1-3H3. The van der Waals surface area contributed by atoms with Crippen LogP contribution in [-0.4, -0.2) is 10.9 Å². The molecule has 1 aromatic heterocycles. The predicted octanol–water partition coefficient (Wildman–Crippen LogP) is 4.89. The van der Waals surface area contributed by atoms with E-state index in [1.54, 1.807) is 11.3 Å². The minimum Gasteiger partial charge on any atom is -0.246 e. The molecule has 1 aromatic carbocycles. The second kappa shape index (κ2) is 6.06. The Morgan fingerprint density at radius 3 is 2.37 bits per heavy atom. The van der Waals surface area contributed by atoms with Gasteiger partial charge in [-0.1, -0.05) is 37.3 Å². The van der Waals surface area contributed by atoms with Gasteiger partial charge < -0.3 is 0 Å². The first-order chi connectivity index (χ1) is 9.11. The minimum atomic E-state index is -0.000448. The van der Waals surface area contributed by atoms with Gasteiger partial charge in [0.1, 0.15) is 0 Å². The normalized spacial score (nSPS) is 14.3. The first-order valence-corrected chi connectivity index (χ1v) is 8.01. The zero-order valence-corrected chi connectivity index (χ0v) is 13.3. The molecule has 0 fully saturated rings. The Bertz CT molecular complexity index is 509. The molecule has 1 heterocycles. The van der Waals surface area contributed by atoms with E-state index in [0.717, 1.165) is 18.5 Å². The number of thiazole rings is 1. The number of nitrogens with zero attached hydrogens (tertiary/aromatic N) is 1. The monoisotopic (exact) mass is 293 g/mol. The fraction of sp³-hybridized carbons (Fsp3) is 0.438. The Kier molecular flexibility index (Phi) is 4.64. The molecule has 0 bridgehead atoms. The van der Waals surface area contributed by atoms with Crippen molar-refractivity contribution in [3.8, 4) is 0 Å². The van der Waals surface area contributed by atoms with Crippen molar-refractivity contribution in [2.45, 2.75) is 39.0 Å². The number of rotatable bonds is 5. The van der Waals surface area contributed by atoms with Crippen molar-refractivity contribution in [2.75, 3.05) is 5.88 Å². The highest BCUT2D eigenvalue weighted by molar-refractivity contribution is 7.11. The molecular formula is C16H20ClNS. The lowest BCUT2D eigenvalue weighted by atomic mass is 9.77. The summed E-state index contributed by atoms with van der Waals surface area (Å²) in [7, 11) is 0. The third-order valence-electron chi connectivity index (χ3n) is 3.88. The highest BCUT2D eigenvalue weighted by Gasteiger charge is 2.31. The van der Waals surface area contributed by atoms with Crippen molar-refractivity contribution < 1.29 is 0 Å². The van der Waals surface area contributed by atoms with E-state index < -0.39 is 0 Å². The highest BCUT2D eigenvalue weighted by atomic mass is 35.5. The molecule has 0 radical (unpaired) electrons. The van der Waals surface area contributed by atoms with Crippen molar-refractivity contribution >= 4 is 22.9 Å². The largest absolute Gasteiger partial charge is 0.246 e. The molecule has 1 nitrogen and oxygen atoms in total. The van der Waals surface area contributed by atoms with Crippen LogP contribution in [0.4, 0.5) is 0 Å². The van der Waals surface area contributed by atoms with Crippen LogP contribution < -0.4 is 0 Å². The second-order valence-corrected chi connectivity index (χ2v) is 6.61. The molecule has 0 amide bonds. The van der Waals surface area contributed by atoms with Gasteiger partial charge in [0.15, 0.2) is 0 Å². The van der Waals surface area contributed by atoms with E-state index in [2.05, 4.69) is 56.1 Å². The Morgan fingerprint density at radius 2 is 1.89 bits per heavy atom. The molecule has 102 valence electrons. The van der Waals surface area contributed by atoms with Crippen molar-refractivity contribution in [1.29, 1.82) is 0 Å². The Labute approximate surface area is 124 Å². The molecule has 0 saturated carbocycles. The van der Waals surface area contributed by atoms with Crippen LogP contribution in [0.5, 0.6) is 0 Å². The smallest absolute Gasteiger partial charge is 0.0940 e.